The molecule has 0 unspecified atom stereocenters. The maximum Gasteiger partial charge on any atom is 0.257 e. The van der Waals surface area contributed by atoms with Crippen LogP contribution in [0.2, 0.25) is 0 Å². The van der Waals surface area contributed by atoms with Crippen molar-refractivity contribution in [2.45, 2.75) is 42.8 Å². The highest BCUT2D eigenvalue weighted by Gasteiger charge is 2.36. The van der Waals surface area contributed by atoms with Crippen molar-refractivity contribution in [2.24, 2.45) is 0 Å². The maximum absolute atomic E-state index is 12.8. The van der Waals surface area contributed by atoms with Crippen LogP contribution < -0.4 is 15.4 Å². The van der Waals surface area contributed by atoms with E-state index in [4.69, 9.17) is 4.74 Å². The molecule has 0 saturated heterocycles. The maximum atomic E-state index is 12.8. The number of amides is 2. The number of carbonyl (C=O) groups excluding carboxylic acids is 2. The summed E-state index contributed by atoms with van der Waals surface area (Å²) < 4.78 is 7.37. The summed E-state index contributed by atoms with van der Waals surface area (Å²) in [6.45, 7) is 0. The van der Waals surface area contributed by atoms with E-state index in [0.717, 1.165) is 23.8 Å². The normalized spacial score (nSPS) is 15.2. The lowest BCUT2D eigenvalue weighted by Crippen LogP contribution is -2.19. The van der Waals surface area contributed by atoms with Crippen molar-refractivity contribution < 1.29 is 14.3 Å². The molecule has 1 heterocycles. The summed E-state index contributed by atoms with van der Waals surface area (Å²) >= 11 is 1.39. The molecule has 5 rings (SSSR count). The van der Waals surface area contributed by atoms with Crippen LogP contribution in [0.3, 0.4) is 0 Å². The van der Waals surface area contributed by atoms with Gasteiger partial charge in [0.15, 0.2) is 5.16 Å². The number of nitrogens with one attached hydrogen (secondary N) is 2. The van der Waals surface area contributed by atoms with Crippen LogP contribution in [0.1, 0.15) is 53.8 Å². The fraction of sp³-hybridized carbons (Fsp3) is 0.333. The largest absolute Gasteiger partial charge is 0.497 e. The minimum absolute atomic E-state index is 0.192. The number of hydrogen-bond donors (Lipinski definition) is 2. The Kier molecular flexibility index (Phi) is 6.04. The molecule has 2 aliphatic carbocycles. The first-order valence-electron chi connectivity index (χ1n) is 11.0. The minimum Gasteiger partial charge on any atom is -0.497 e. The standard InChI is InChI=1S/C24H25N5O3S/c1-32-18-12-8-16(9-13-18)25-23(31)19-4-2-3-5-20(19)26-21(30)14-33-24-28-27-22(15-6-7-15)29(24)17-10-11-17/h2-5,8-9,12-13,15,17H,6-7,10-11,14H2,1H3,(H,25,31)(H,26,30). The molecule has 2 aliphatic rings. The number of ether oxygens (including phenoxy) is 1. The minimum atomic E-state index is -0.300. The predicted molar refractivity (Wildman–Crippen MR) is 127 cm³/mol. The van der Waals surface area contributed by atoms with Crippen molar-refractivity contribution >= 4 is 35.0 Å². The van der Waals surface area contributed by atoms with Crippen molar-refractivity contribution in [1.29, 1.82) is 0 Å². The molecule has 1 aromatic heterocycles. The van der Waals surface area contributed by atoms with Gasteiger partial charge in [0, 0.05) is 17.6 Å². The molecular formula is C24H25N5O3S. The van der Waals surface area contributed by atoms with E-state index >= 15 is 0 Å². The molecular weight excluding hydrogens is 438 g/mol. The van der Waals surface area contributed by atoms with E-state index in [-0.39, 0.29) is 17.6 Å². The van der Waals surface area contributed by atoms with Gasteiger partial charge < -0.3 is 19.9 Å². The summed E-state index contributed by atoms with van der Waals surface area (Å²) in [6.07, 6.45) is 4.64. The number of nitrogens with zero attached hydrogens (tertiary/aromatic N) is 3. The lowest BCUT2D eigenvalue weighted by molar-refractivity contribution is -0.113. The second kappa shape index (κ2) is 9.27. The van der Waals surface area contributed by atoms with Gasteiger partial charge in [-0.05, 0) is 62.1 Å². The average molecular weight is 464 g/mol. The number of methoxy groups -OCH3 is 1. The van der Waals surface area contributed by atoms with Gasteiger partial charge in [0.2, 0.25) is 5.91 Å². The van der Waals surface area contributed by atoms with Crippen molar-refractivity contribution in [3.63, 3.8) is 0 Å². The van der Waals surface area contributed by atoms with Gasteiger partial charge >= 0.3 is 0 Å². The molecule has 0 bridgehead atoms. The molecule has 2 aromatic carbocycles. The third kappa shape index (κ3) is 5.03. The number of hydrogen-bond acceptors (Lipinski definition) is 6. The fourth-order valence-corrected chi connectivity index (χ4v) is 4.47. The first kappa shape index (κ1) is 21.5. The van der Waals surface area contributed by atoms with Crippen LogP contribution in [-0.2, 0) is 4.79 Å². The highest BCUT2D eigenvalue weighted by atomic mass is 32.2. The SMILES string of the molecule is COc1ccc(NC(=O)c2ccccc2NC(=O)CSc2nnc(C3CC3)n2C2CC2)cc1. The Hall–Kier alpha value is -3.33. The van der Waals surface area contributed by atoms with Gasteiger partial charge in [-0.3, -0.25) is 9.59 Å². The molecule has 2 N–H and O–H groups in total. The van der Waals surface area contributed by atoms with Crippen LogP contribution in [0.25, 0.3) is 0 Å². The molecule has 2 amide bonds. The van der Waals surface area contributed by atoms with E-state index in [9.17, 15) is 9.59 Å². The zero-order valence-electron chi connectivity index (χ0n) is 18.3. The zero-order valence-corrected chi connectivity index (χ0v) is 19.1. The van der Waals surface area contributed by atoms with E-state index < -0.39 is 0 Å². The summed E-state index contributed by atoms with van der Waals surface area (Å²) in [6, 6.07) is 14.5. The molecule has 0 aliphatic heterocycles. The van der Waals surface area contributed by atoms with E-state index in [1.807, 2.05) is 0 Å². The Morgan fingerprint density at radius 1 is 1.03 bits per heavy atom. The smallest absolute Gasteiger partial charge is 0.257 e. The number of benzene rings is 2. The van der Waals surface area contributed by atoms with Crippen LogP contribution in [-0.4, -0.2) is 39.4 Å². The Balaban J connectivity index is 1.22. The van der Waals surface area contributed by atoms with Crippen molar-refractivity contribution in [2.75, 3.05) is 23.5 Å². The van der Waals surface area contributed by atoms with Crippen LogP contribution >= 0.6 is 11.8 Å². The molecule has 0 radical (unpaired) electrons. The highest BCUT2D eigenvalue weighted by molar-refractivity contribution is 7.99. The molecule has 0 spiro atoms. The van der Waals surface area contributed by atoms with Gasteiger partial charge in [-0.1, -0.05) is 23.9 Å². The van der Waals surface area contributed by atoms with Crippen LogP contribution in [0.4, 0.5) is 11.4 Å². The van der Waals surface area contributed by atoms with Gasteiger partial charge in [-0.2, -0.15) is 0 Å². The predicted octanol–water partition coefficient (Wildman–Crippen LogP) is 4.48. The average Bonchev–Trinajstić information content (AvgIpc) is 3.77. The third-order valence-electron chi connectivity index (χ3n) is 5.67. The Labute approximate surface area is 196 Å². The Morgan fingerprint density at radius 2 is 1.79 bits per heavy atom. The Morgan fingerprint density at radius 3 is 2.48 bits per heavy atom. The zero-order chi connectivity index (χ0) is 22.8. The number of carbonyl (C=O) groups is 2. The molecule has 170 valence electrons. The van der Waals surface area contributed by atoms with E-state index in [1.165, 1.54) is 24.6 Å². The summed E-state index contributed by atoms with van der Waals surface area (Å²) in [7, 11) is 1.59. The number of rotatable bonds is 9. The van der Waals surface area contributed by atoms with E-state index in [0.29, 0.717) is 34.6 Å². The summed E-state index contributed by atoms with van der Waals surface area (Å²) in [5, 5.41) is 15.3. The molecule has 9 heteroatoms. The van der Waals surface area contributed by atoms with Gasteiger partial charge in [0.1, 0.15) is 11.6 Å². The second-order valence-corrected chi connectivity index (χ2v) is 9.22. The van der Waals surface area contributed by atoms with Crippen LogP contribution in [0, 0.1) is 0 Å². The van der Waals surface area contributed by atoms with Gasteiger partial charge in [-0.25, -0.2) is 0 Å². The molecule has 2 fully saturated rings. The first-order chi connectivity index (χ1) is 16.1. The monoisotopic (exact) mass is 463 g/mol. The molecule has 8 nitrogen and oxygen atoms in total. The number of aromatic nitrogens is 3. The first-order valence-corrected chi connectivity index (χ1v) is 12.0. The number of thioether (sulfide) groups is 1. The summed E-state index contributed by atoms with van der Waals surface area (Å²) in [5.41, 5.74) is 1.50. The second-order valence-electron chi connectivity index (χ2n) is 8.28. The van der Waals surface area contributed by atoms with Crippen LogP contribution in [0.15, 0.2) is 53.7 Å². The lowest BCUT2D eigenvalue weighted by Gasteiger charge is -2.12. The molecule has 3 aromatic rings. The topological polar surface area (TPSA) is 98.1 Å². The lowest BCUT2D eigenvalue weighted by atomic mass is 10.1. The molecule has 0 atom stereocenters. The third-order valence-corrected chi connectivity index (χ3v) is 6.61. The summed E-state index contributed by atoms with van der Waals surface area (Å²) in [5.74, 6) is 2.01. The molecule has 2 saturated carbocycles. The fourth-order valence-electron chi connectivity index (χ4n) is 3.66. The number of para-hydroxylation sites is 1. The van der Waals surface area contributed by atoms with Crippen molar-refractivity contribution in [3.05, 3.63) is 59.9 Å². The highest BCUT2D eigenvalue weighted by Crippen LogP contribution is 2.46. The number of anilines is 2. The van der Waals surface area contributed by atoms with E-state index in [1.54, 1.807) is 55.6 Å². The van der Waals surface area contributed by atoms with Crippen molar-refractivity contribution in [1.82, 2.24) is 14.8 Å². The molecule has 33 heavy (non-hydrogen) atoms. The quantitative estimate of drug-likeness (QED) is 0.454. The van der Waals surface area contributed by atoms with Gasteiger partial charge in [0.25, 0.3) is 5.91 Å². The van der Waals surface area contributed by atoms with Crippen molar-refractivity contribution in [3.8, 4) is 5.75 Å². The summed E-state index contributed by atoms with van der Waals surface area (Å²) in [4.78, 5) is 25.5. The van der Waals surface area contributed by atoms with E-state index in [2.05, 4.69) is 25.4 Å². The Bertz CT molecular complexity index is 1170. The van der Waals surface area contributed by atoms with Crippen LogP contribution in [0.5, 0.6) is 5.75 Å². The van der Waals surface area contributed by atoms with Gasteiger partial charge in [-0.15, -0.1) is 10.2 Å². The van der Waals surface area contributed by atoms with Gasteiger partial charge in [0.05, 0.1) is 24.1 Å².